The number of hydrogen-bond donors (Lipinski definition) is 1. The molecule has 2 atom stereocenters. The summed E-state index contributed by atoms with van der Waals surface area (Å²) in [5.74, 6) is 1.63. The fraction of sp³-hybridized carbons (Fsp3) is 0.778. The summed E-state index contributed by atoms with van der Waals surface area (Å²) in [5.41, 5.74) is 5.92. The minimum Gasteiger partial charge on any atom is -0.374 e. The van der Waals surface area contributed by atoms with Crippen molar-refractivity contribution in [2.24, 2.45) is 11.7 Å². The Bertz CT molecular complexity index is 309. The van der Waals surface area contributed by atoms with Crippen molar-refractivity contribution in [3.63, 3.8) is 0 Å². The lowest BCUT2D eigenvalue weighted by atomic mass is 10.2. The molecule has 1 fully saturated rings. The van der Waals surface area contributed by atoms with Crippen LogP contribution in [-0.2, 0) is 4.74 Å². The SMILES string of the molecule is COC(C)c1noc(C(N)C2CC2)n1. The first-order valence-electron chi connectivity index (χ1n) is 4.84. The van der Waals surface area contributed by atoms with Crippen molar-refractivity contribution in [3.8, 4) is 0 Å². The maximum absolute atomic E-state index is 5.92. The molecule has 14 heavy (non-hydrogen) atoms. The van der Waals surface area contributed by atoms with E-state index in [2.05, 4.69) is 10.1 Å². The Labute approximate surface area is 82.6 Å². The monoisotopic (exact) mass is 197 g/mol. The third-order valence-electron chi connectivity index (χ3n) is 2.59. The summed E-state index contributed by atoms with van der Waals surface area (Å²) >= 11 is 0. The molecule has 1 heterocycles. The molecule has 2 unspecified atom stereocenters. The molecule has 1 aromatic heterocycles. The number of ether oxygens (including phenoxy) is 1. The van der Waals surface area contributed by atoms with Gasteiger partial charge < -0.3 is 15.0 Å². The second kappa shape index (κ2) is 3.67. The molecule has 0 bridgehead atoms. The zero-order chi connectivity index (χ0) is 10.1. The van der Waals surface area contributed by atoms with Gasteiger partial charge in [0.15, 0.2) is 5.82 Å². The van der Waals surface area contributed by atoms with Crippen molar-refractivity contribution < 1.29 is 9.26 Å². The first-order valence-corrected chi connectivity index (χ1v) is 4.84. The number of hydrogen-bond acceptors (Lipinski definition) is 5. The minimum absolute atomic E-state index is 0.0969. The molecule has 2 N–H and O–H groups in total. The van der Waals surface area contributed by atoms with Crippen LogP contribution in [0.25, 0.3) is 0 Å². The predicted molar refractivity (Wildman–Crippen MR) is 49.4 cm³/mol. The molecule has 1 aliphatic rings. The first kappa shape index (κ1) is 9.61. The molecule has 5 heteroatoms. The van der Waals surface area contributed by atoms with Gasteiger partial charge in [0.2, 0.25) is 5.89 Å². The van der Waals surface area contributed by atoms with Crippen molar-refractivity contribution >= 4 is 0 Å². The summed E-state index contributed by atoms with van der Waals surface area (Å²) in [4.78, 5) is 4.21. The smallest absolute Gasteiger partial charge is 0.243 e. The van der Waals surface area contributed by atoms with Crippen LogP contribution in [0.3, 0.4) is 0 Å². The van der Waals surface area contributed by atoms with Gasteiger partial charge in [0.05, 0.1) is 6.04 Å². The fourth-order valence-corrected chi connectivity index (χ4v) is 1.31. The second-order valence-electron chi connectivity index (χ2n) is 3.73. The third-order valence-corrected chi connectivity index (χ3v) is 2.59. The van der Waals surface area contributed by atoms with Gasteiger partial charge in [0, 0.05) is 7.11 Å². The highest BCUT2D eigenvalue weighted by Crippen LogP contribution is 2.38. The summed E-state index contributed by atoms with van der Waals surface area (Å²) in [6.45, 7) is 1.87. The second-order valence-corrected chi connectivity index (χ2v) is 3.73. The van der Waals surface area contributed by atoms with E-state index >= 15 is 0 Å². The van der Waals surface area contributed by atoms with E-state index in [1.807, 2.05) is 6.92 Å². The van der Waals surface area contributed by atoms with E-state index in [1.54, 1.807) is 7.11 Å². The Kier molecular flexibility index (Phi) is 2.52. The molecule has 78 valence electrons. The fourth-order valence-electron chi connectivity index (χ4n) is 1.31. The highest BCUT2D eigenvalue weighted by molar-refractivity contribution is 4.99. The summed E-state index contributed by atoms with van der Waals surface area (Å²) in [6.07, 6.45) is 2.19. The van der Waals surface area contributed by atoms with Gasteiger partial charge in [-0.25, -0.2) is 0 Å². The van der Waals surface area contributed by atoms with Gasteiger partial charge in [-0.15, -0.1) is 0 Å². The summed E-state index contributed by atoms with van der Waals surface area (Å²) in [5, 5.41) is 3.83. The van der Waals surface area contributed by atoms with Gasteiger partial charge in [-0.2, -0.15) is 4.98 Å². The van der Waals surface area contributed by atoms with Crippen LogP contribution in [0.15, 0.2) is 4.52 Å². The Balaban J connectivity index is 2.08. The number of nitrogens with two attached hydrogens (primary N) is 1. The summed E-state index contributed by atoms with van der Waals surface area (Å²) < 4.78 is 10.2. The highest BCUT2D eigenvalue weighted by atomic mass is 16.5. The van der Waals surface area contributed by atoms with Crippen molar-refractivity contribution in [2.45, 2.75) is 31.9 Å². The van der Waals surface area contributed by atoms with Crippen LogP contribution in [0, 0.1) is 5.92 Å². The number of rotatable bonds is 4. The van der Waals surface area contributed by atoms with Gasteiger partial charge in [-0.3, -0.25) is 0 Å². The lowest BCUT2D eigenvalue weighted by Gasteiger charge is -2.03. The topological polar surface area (TPSA) is 74.2 Å². The lowest BCUT2D eigenvalue weighted by Crippen LogP contribution is -2.13. The van der Waals surface area contributed by atoms with E-state index in [0.717, 1.165) is 0 Å². The maximum atomic E-state index is 5.92. The van der Waals surface area contributed by atoms with Crippen LogP contribution in [-0.4, -0.2) is 17.3 Å². The van der Waals surface area contributed by atoms with E-state index in [1.165, 1.54) is 12.8 Å². The molecule has 1 aromatic rings. The molecule has 0 radical (unpaired) electrons. The van der Waals surface area contributed by atoms with Crippen LogP contribution in [0.2, 0.25) is 0 Å². The van der Waals surface area contributed by atoms with E-state index in [4.69, 9.17) is 15.0 Å². The molecule has 2 rings (SSSR count). The molecule has 0 amide bonds. The van der Waals surface area contributed by atoms with Crippen molar-refractivity contribution in [2.75, 3.05) is 7.11 Å². The Morgan fingerprint density at radius 2 is 2.29 bits per heavy atom. The first-order chi connectivity index (χ1) is 6.72. The van der Waals surface area contributed by atoms with Gasteiger partial charge in [0.25, 0.3) is 0 Å². The molecule has 0 spiro atoms. The van der Waals surface area contributed by atoms with Crippen molar-refractivity contribution in [3.05, 3.63) is 11.7 Å². The average Bonchev–Trinajstić information content (AvgIpc) is 2.93. The van der Waals surface area contributed by atoms with Crippen LogP contribution in [0.1, 0.15) is 43.6 Å². The van der Waals surface area contributed by atoms with Gasteiger partial charge in [-0.1, -0.05) is 5.16 Å². The lowest BCUT2D eigenvalue weighted by molar-refractivity contribution is 0.109. The molecular weight excluding hydrogens is 182 g/mol. The Morgan fingerprint density at radius 3 is 2.86 bits per heavy atom. The largest absolute Gasteiger partial charge is 0.374 e. The normalized spacial score (nSPS) is 20.8. The van der Waals surface area contributed by atoms with Gasteiger partial charge in [-0.05, 0) is 25.7 Å². The zero-order valence-corrected chi connectivity index (χ0v) is 8.43. The zero-order valence-electron chi connectivity index (χ0n) is 8.43. The van der Waals surface area contributed by atoms with Gasteiger partial charge in [0.1, 0.15) is 6.10 Å². The van der Waals surface area contributed by atoms with E-state index in [9.17, 15) is 0 Å². The Morgan fingerprint density at radius 1 is 1.57 bits per heavy atom. The predicted octanol–water partition coefficient (Wildman–Crippen LogP) is 1.19. The molecule has 0 aliphatic heterocycles. The molecule has 1 saturated carbocycles. The van der Waals surface area contributed by atoms with Crippen molar-refractivity contribution in [1.29, 1.82) is 0 Å². The van der Waals surface area contributed by atoms with Crippen molar-refractivity contribution in [1.82, 2.24) is 10.1 Å². The molecule has 0 aromatic carbocycles. The van der Waals surface area contributed by atoms with Crippen LogP contribution in [0.4, 0.5) is 0 Å². The average molecular weight is 197 g/mol. The number of methoxy groups -OCH3 is 1. The standard InChI is InChI=1S/C9H15N3O2/c1-5(13-2)8-11-9(14-12-8)7(10)6-3-4-6/h5-7H,3-4,10H2,1-2H3. The van der Waals surface area contributed by atoms with Crippen LogP contribution >= 0.6 is 0 Å². The highest BCUT2D eigenvalue weighted by Gasteiger charge is 2.33. The van der Waals surface area contributed by atoms with Gasteiger partial charge >= 0.3 is 0 Å². The number of nitrogens with zero attached hydrogens (tertiary/aromatic N) is 2. The van der Waals surface area contributed by atoms with E-state index in [0.29, 0.717) is 17.6 Å². The summed E-state index contributed by atoms with van der Waals surface area (Å²) in [7, 11) is 1.61. The minimum atomic E-state index is -0.140. The van der Waals surface area contributed by atoms with E-state index in [-0.39, 0.29) is 12.1 Å². The van der Waals surface area contributed by atoms with E-state index < -0.39 is 0 Å². The molecule has 5 nitrogen and oxygen atoms in total. The maximum Gasteiger partial charge on any atom is 0.243 e. The molecule has 1 aliphatic carbocycles. The number of aromatic nitrogens is 2. The van der Waals surface area contributed by atoms with Crippen LogP contribution in [0.5, 0.6) is 0 Å². The summed E-state index contributed by atoms with van der Waals surface area (Å²) in [6, 6.07) is -0.0969. The van der Waals surface area contributed by atoms with Crippen LogP contribution < -0.4 is 5.73 Å². The molecule has 0 saturated heterocycles. The third kappa shape index (κ3) is 1.78. The quantitative estimate of drug-likeness (QED) is 0.784. The molecular formula is C9H15N3O2. The Hall–Kier alpha value is -0.940.